The predicted octanol–water partition coefficient (Wildman–Crippen LogP) is 3.94. The molecule has 2 aromatic carbocycles. The van der Waals surface area contributed by atoms with Crippen molar-refractivity contribution in [3.8, 4) is 5.75 Å². The van der Waals surface area contributed by atoms with Gasteiger partial charge in [-0.1, -0.05) is 12.1 Å². The second-order valence-electron chi connectivity index (χ2n) is 5.97. The van der Waals surface area contributed by atoms with E-state index in [0.717, 1.165) is 23.4 Å². The van der Waals surface area contributed by atoms with E-state index >= 15 is 0 Å². The van der Waals surface area contributed by atoms with E-state index in [1.165, 1.54) is 6.07 Å². The quantitative estimate of drug-likeness (QED) is 0.673. The molecule has 0 aliphatic rings. The Balaban J connectivity index is 1.71. The maximum absolute atomic E-state index is 13.7. The van der Waals surface area contributed by atoms with Crippen molar-refractivity contribution in [3.05, 3.63) is 77.2 Å². The van der Waals surface area contributed by atoms with Crippen LogP contribution in [0.2, 0.25) is 0 Å². The van der Waals surface area contributed by atoms with Gasteiger partial charge in [-0.2, -0.15) is 0 Å². The van der Waals surface area contributed by atoms with Gasteiger partial charge in [0.25, 0.3) is 5.91 Å². The van der Waals surface area contributed by atoms with Crippen molar-refractivity contribution in [2.45, 2.75) is 13.5 Å². The number of aryl methyl sites for hydroxylation is 1. The van der Waals surface area contributed by atoms with Crippen LogP contribution in [0.5, 0.6) is 5.75 Å². The highest BCUT2D eigenvalue weighted by Crippen LogP contribution is 2.17. The number of hydrogen-bond donors (Lipinski definition) is 2. The Morgan fingerprint density at radius 3 is 2.50 bits per heavy atom. The molecule has 1 amide bonds. The summed E-state index contributed by atoms with van der Waals surface area (Å²) in [6, 6.07) is 11.9. The third kappa shape index (κ3) is 4.79. The van der Waals surface area contributed by atoms with Crippen molar-refractivity contribution in [1.29, 1.82) is 0 Å². The number of aromatic nitrogens is 2. The molecule has 0 atom stereocenters. The maximum atomic E-state index is 13.7. The summed E-state index contributed by atoms with van der Waals surface area (Å²) < 4.78 is 31.9. The number of anilines is 2. The molecule has 0 saturated heterocycles. The van der Waals surface area contributed by atoms with Crippen LogP contribution in [0, 0.1) is 18.6 Å². The predicted molar refractivity (Wildman–Crippen MR) is 101 cm³/mol. The Labute approximate surface area is 160 Å². The lowest BCUT2D eigenvalue weighted by atomic mass is 10.2. The van der Waals surface area contributed by atoms with Gasteiger partial charge in [-0.25, -0.2) is 18.7 Å². The fourth-order valence-corrected chi connectivity index (χ4v) is 2.49. The lowest BCUT2D eigenvalue weighted by Crippen LogP contribution is -2.16. The lowest BCUT2D eigenvalue weighted by molar-refractivity contribution is 0.102. The number of carbonyl (C=O) groups excluding carboxylic acids is 1. The van der Waals surface area contributed by atoms with Crippen LogP contribution in [-0.2, 0) is 6.54 Å². The molecular formula is C20H18F2N4O2. The van der Waals surface area contributed by atoms with Crippen LogP contribution in [0.15, 0.2) is 48.5 Å². The third-order valence-corrected chi connectivity index (χ3v) is 3.88. The summed E-state index contributed by atoms with van der Waals surface area (Å²) >= 11 is 0. The molecule has 0 saturated carbocycles. The highest BCUT2D eigenvalue weighted by Gasteiger charge is 2.13. The van der Waals surface area contributed by atoms with Gasteiger partial charge in [0, 0.05) is 18.7 Å². The van der Waals surface area contributed by atoms with Crippen LogP contribution >= 0.6 is 0 Å². The van der Waals surface area contributed by atoms with Crippen molar-refractivity contribution >= 4 is 17.4 Å². The van der Waals surface area contributed by atoms with Crippen LogP contribution in [0.4, 0.5) is 20.3 Å². The number of methoxy groups -OCH3 is 1. The summed E-state index contributed by atoms with van der Waals surface area (Å²) in [7, 11) is 1.60. The first-order chi connectivity index (χ1) is 13.4. The highest BCUT2D eigenvalue weighted by atomic mass is 19.1. The molecule has 6 nitrogen and oxygen atoms in total. The Kier molecular flexibility index (Phi) is 5.78. The average molecular weight is 384 g/mol. The van der Waals surface area contributed by atoms with Crippen molar-refractivity contribution in [1.82, 2.24) is 9.97 Å². The Morgan fingerprint density at radius 1 is 1.07 bits per heavy atom. The number of halogens is 2. The smallest absolute Gasteiger partial charge is 0.274 e. The van der Waals surface area contributed by atoms with Gasteiger partial charge in [0.05, 0.1) is 12.8 Å². The summed E-state index contributed by atoms with van der Waals surface area (Å²) in [5.74, 6) is -0.620. The molecule has 28 heavy (non-hydrogen) atoms. The monoisotopic (exact) mass is 384 g/mol. The van der Waals surface area contributed by atoms with Gasteiger partial charge in [-0.15, -0.1) is 0 Å². The van der Waals surface area contributed by atoms with Crippen LogP contribution in [0.3, 0.4) is 0 Å². The number of carbonyl (C=O) groups is 1. The van der Waals surface area contributed by atoms with Gasteiger partial charge in [0.15, 0.2) is 0 Å². The number of benzene rings is 2. The second kappa shape index (κ2) is 8.43. The summed E-state index contributed by atoms with van der Waals surface area (Å²) in [5, 5.41) is 5.50. The van der Waals surface area contributed by atoms with Crippen LogP contribution in [0.25, 0.3) is 0 Å². The fourth-order valence-electron chi connectivity index (χ4n) is 2.49. The molecule has 3 rings (SSSR count). The zero-order valence-corrected chi connectivity index (χ0v) is 15.3. The Morgan fingerprint density at radius 2 is 1.82 bits per heavy atom. The van der Waals surface area contributed by atoms with Gasteiger partial charge < -0.3 is 15.4 Å². The number of nitrogens with one attached hydrogen (secondary N) is 2. The van der Waals surface area contributed by atoms with Crippen molar-refractivity contribution in [2.75, 3.05) is 17.7 Å². The lowest BCUT2D eigenvalue weighted by Gasteiger charge is -2.10. The standard InChI is InChI=1S/C20H18F2N4O2/c1-12-24-18(20(27)26-17-8-5-14(21)9-16(17)22)10-19(25-12)23-11-13-3-6-15(28-2)7-4-13/h3-10H,11H2,1-2H3,(H,26,27)(H,23,24,25). The molecule has 0 bridgehead atoms. The van der Waals surface area contributed by atoms with E-state index in [4.69, 9.17) is 4.74 Å². The fraction of sp³-hybridized carbons (Fsp3) is 0.150. The van der Waals surface area contributed by atoms with Gasteiger partial charge in [-0.05, 0) is 36.8 Å². The minimum atomic E-state index is -0.864. The summed E-state index contributed by atoms with van der Waals surface area (Å²) in [4.78, 5) is 20.7. The zero-order chi connectivity index (χ0) is 20.1. The van der Waals surface area contributed by atoms with Gasteiger partial charge in [0.1, 0.15) is 34.7 Å². The number of ether oxygens (including phenoxy) is 1. The van der Waals surface area contributed by atoms with E-state index in [-0.39, 0.29) is 11.4 Å². The topological polar surface area (TPSA) is 76.1 Å². The molecular weight excluding hydrogens is 366 g/mol. The van der Waals surface area contributed by atoms with Crippen LogP contribution < -0.4 is 15.4 Å². The van der Waals surface area contributed by atoms with Gasteiger partial charge >= 0.3 is 0 Å². The second-order valence-corrected chi connectivity index (χ2v) is 5.97. The normalized spacial score (nSPS) is 10.4. The molecule has 3 aromatic rings. The van der Waals surface area contributed by atoms with Gasteiger partial charge in [0.2, 0.25) is 0 Å². The average Bonchev–Trinajstić information content (AvgIpc) is 2.68. The van der Waals surface area contributed by atoms with Gasteiger partial charge in [-0.3, -0.25) is 4.79 Å². The van der Waals surface area contributed by atoms with E-state index in [2.05, 4.69) is 20.6 Å². The first-order valence-corrected chi connectivity index (χ1v) is 8.43. The first kappa shape index (κ1) is 19.2. The summed E-state index contributed by atoms with van der Waals surface area (Å²) in [5.41, 5.74) is 0.931. The minimum Gasteiger partial charge on any atom is -0.497 e. The van der Waals surface area contributed by atoms with E-state index < -0.39 is 17.5 Å². The molecule has 8 heteroatoms. The first-order valence-electron chi connectivity index (χ1n) is 8.43. The Hall–Kier alpha value is -3.55. The third-order valence-electron chi connectivity index (χ3n) is 3.88. The molecule has 1 heterocycles. The molecule has 0 aliphatic carbocycles. The van der Waals surface area contributed by atoms with Crippen molar-refractivity contribution < 1.29 is 18.3 Å². The molecule has 2 N–H and O–H groups in total. The Bertz CT molecular complexity index is 994. The summed E-state index contributed by atoms with van der Waals surface area (Å²) in [6.45, 7) is 2.13. The molecule has 0 spiro atoms. The number of nitrogens with zero attached hydrogens (tertiary/aromatic N) is 2. The molecule has 144 valence electrons. The molecule has 0 fully saturated rings. The van der Waals surface area contributed by atoms with Crippen LogP contribution in [0.1, 0.15) is 21.9 Å². The minimum absolute atomic E-state index is 0.0634. The van der Waals surface area contributed by atoms with E-state index in [1.54, 1.807) is 14.0 Å². The highest BCUT2D eigenvalue weighted by molar-refractivity contribution is 6.03. The number of rotatable bonds is 6. The van der Waals surface area contributed by atoms with E-state index in [1.807, 2.05) is 24.3 Å². The van der Waals surface area contributed by atoms with Crippen molar-refractivity contribution in [3.63, 3.8) is 0 Å². The molecule has 0 aliphatic heterocycles. The maximum Gasteiger partial charge on any atom is 0.274 e. The molecule has 0 radical (unpaired) electrons. The van der Waals surface area contributed by atoms with E-state index in [0.29, 0.717) is 24.3 Å². The summed E-state index contributed by atoms with van der Waals surface area (Å²) in [6.07, 6.45) is 0. The van der Waals surface area contributed by atoms with E-state index in [9.17, 15) is 13.6 Å². The molecule has 0 unspecified atom stereocenters. The number of amides is 1. The van der Waals surface area contributed by atoms with Crippen LogP contribution in [-0.4, -0.2) is 23.0 Å². The number of hydrogen-bond acceptors (Lipinski definition) is 5. The zero-order valence-electron chi connectivity index (χ0n) is 15.3. The molecule has 1 aromatic heterocycles. The van der Waals surface area contributed by atoms with Crippen molar-refractivity contribution in [2.24, 2.45) is 0 Å². The largest absolute Gasteiger partial charge is 0.497 e. The SMILES string of the molecule is COc1ccc(CNc2cc(C(=O)Nc3ccc(F)cc3F)nc(C)n2)cc1.